The Morgan fingerprint density at radius 2 is 2.11 bits per heavy atom. The van der Waals surface area contributed by atoms with Crippen LogP contribution in [0.5, 0.6) is 0 Å². The van der Waals surface area contributed by atoms with Crippen molar-refractivity contribution in [3.63, 3.8) is 0 Å². The Labute approximate surface area is 117 Å². The molecule has 0 aromatic heterocycles. The van der Waals surface area contributed by atoms with Crippen molar-refractivity contribution in [1.29, 1.82) is 0 Å². The lowest BCUT2D eigenvalue weighted by atomic mass is 9.82. The average Bonchev–Trinajstić information content (AvgIpc) is 2.32. The summed E-state index contributed by atoms with van der Waals surface area (Å²) in [5, 5.41) is 12.8. The van der Waals surface area contributed by atoms with E-state index < -0.39 is 5.60 Å². The van der Waals surface area contributed by atoms with Crippen LogP contribution in [0.25, 0.3) is 0 Å². The first-order chi connectivity index (χ1) is 8.81. The predicted molar refractivity (Wildman–Crippen MR) is 78.1 cm³/mol. The van der Waals surface area contributed by atoms with E-state index in [1.165, 1.54) is 25.7 Å². The number of aliphatic hydroxyl groups is 1. The molecule has 19 heavy (non-hydrogen) atoms. The van der Waals surface area contributed by atoms with Gasteiger partial charge in [-0.05, 0) is 45.4 Å². The van der Waals surface area contributed by atoms with Crippen LogP contribution in [0.2, 0.25) is 0 Å². The van der Waals surface area contributed by atoms with Crippen molar-refractivity contribution < 1.29 is 9.90 Å². The van der Waals surface area contributed by atoms with E-state index in [0.29, 0.717) is 19.0 Å². The van der Waals surface area contributed by atoms with Gasteiger partial charge in [-0.2, -0.15) is 0 Å². The Morgan fingerprint density at radius 3 is 2.63 bits per heavy atom. The molecule has 4 heteroatoms. The summed E-state index contributed by atoms with van der Waals surface area (Å²) in [5.41, 5.74) is -0.841. The second-order valence-corrected chi connectivity index (χ2v) is 6.65. The highest BCUT2D eigenvalue weighted by molar-refractivity contribution is 5.74. The van der Waals surface area contributed by atoms with Crippen LogP contribution in [-0.2, 0) is 0 Å². The second-order valence-electron chi connectivity index (χ2n) is 6.65. The van der Waals surface area contributed by atoms with Gasteiger partial charge in [0.15, 0.2) is 0 Å². The number of carbonyl (C=O) groups is 1. The lowest BCUT2D eigenvalue weighted by Crippen LogP contribution is -2.47. The quantitative estimate of drug-likeness (QED) is 0.807. The van der Waals surface area contributed by atoms with Crippen molar-refractivity contribution in [2.75, 3.05) is 19.6 Å². The van der Waals surface area contributed by atoms with Gasteiger partial charge in [-0.25, -0.2) is 4.79 Å². The Morgan fingerprint density at radius 1 is 1.42 bits per heavy atom. The molecule has 2 atom stereocenters. The Bertz CT molecular complexity index is 286. The van der Waals surface area contributed by atoms with Crippen LogP contribution in [0.1, 0.15) is 53.4 Å². The van der Waals surface area contributed by atoms with Gasteiger partial charge in [0.05, 0.1) is 12.1 Å². The van der Waals surface area contributed by atoms with Crippen LogP contribution in [0.15, 0.2) is 0 Å². The van der Waals surface area contributed by atoms with Crippen LogP contribution in [0.3, 0.4) is 0 Å². The second kappa shape index (κ2) is 7.13. The molecule has 1 aliphatic rings. The maximum Gasteiger partial charge on any atom is 0.317 e. The van der Waals surface area contributed by atoms with E-state index in [9.17, 15) is 9.90 Å². The number of urea groups is 1. The van der Waals surface area contributed by atoms with Crippen molar-refractivity contribution in [2.45, 2.75) is 59.0 Å². The maximum atomic E-state index is 12.1. The topological polar surface area (TPSA) is 52.6 Å². The molecule has 0 heterocycles. The molecule has 1 saturated carbocycles. The molecule has 1 aliphatic carbocycles. The predicted octanol–water partition coefficient (Wildman–Crippen LogP) is 2.62. The van der Waals surface area contributed by atoms with Crippen molar-refractivity contribution in [3.8, 4) is 0 Å². The van der Waals surface area contributed by atoms with Gasteiger partial charge >= 0.3 is 6.03 Å². The molecule has 0 radical (unpaired) electrons. The number of likely N-dealkylation sites (N-methyl/N-ethyl adjacent to an activating group) is 1. The summed E-state index contributed by atoms with van der Waals surface area (Å²) in [6.07, 6.45) is 5.05. The number of hydrogen-bond donors (Lipinski definition) is 2. The molecule has 2 amide bonds. The number of carbonyl (C=O) groups excluding carboxylic acids is 1. The molecule has 1 fully saturated rings. The molecule has 0 spiro atoms. The molecular weight excluding hydrogens is 240 g/mol. The van der Waals surface area contributed by atoms with Crippen LogP contribution >= 0.6 is 0 Å². The minimum Gasteiger partial charge on any atom is -0.389 e. The van der Waals surface area contributed by atoms with E-state index in [4.69, 9.17) is 0 Å². The molecule has 0 aromatic carbocycles. The van der Waals surface area contributed by atoms with Gasteiger partial charge in [-0.15, -0.1) is 0 Å². The number of hydrogen-bond acceptors (Lipinski definition) is 2. The van der Waals surface area contributed by atoms with Crippen molar-refractivity contribution in [2.24, 2.45) is 11.8 Å². The molecule has 1 rings (SSSR count). The Hall–Kier alpha value is -0.770. The highest BCUT2D eigenvalue weighted by Gasteiger charge is 2.23. The van der Waals surface area contributed by atoms with E-state index >= 15 is 0 Å². The molecule has 0 aliphatic heterocycles. The van der Waals surface area contributed by atoms with Crippen molar-refractivity contribution in [3.05, 3.63) is 0 Å². The zero-order valence-corrected chi connectivity index (χ0v) is 12.9. The van der Waals surface area contributed by atoms with E-state index in [2.05, 4.69) is 12.2 Å². The standard InChI is InChI=1S/C15H30N2O2/c1-5-17(11-15(3,4)19)14(18)16-10-13-8-6-7-12(2)9-13/h12-13,19H,5-11H2,1-4H3,(H,16,18). The van der Waals surface area contributed by atoms with Crippen molar-refractivity contribution in [1.82, 2.24) is 10.2 Å². The Balaban J connectivity index is 2.36. The maximum absolute atomic E-state index is 12.1. The van der Waals surface area contributed by atoms with Crippen LogP contribution in [0.4, 0.5) is 4.79 Å². The van der Waals surface area contributed by atoms with Crippen LogP contribution in [0, 0.1) is 11.8 Å². The smallest absolute Gasteiger partial charge is 0.317 e. The third kappa shape index (κ3) is 6.28. The van der Waals surface area contributed by atoms with Crippen molar-refractivity contribution >= 4 is 6.03 Å². The van der Waals surface area contributed by atoms with Gasteiger partial charge in [0.2, 0.25) is 0 Å². The highest BCUT2D eigenvalue weighted by atomic mass is 16.3. The summed E-state index contributed by atoms with van der Waals surface area (Å²) in [5.74, 6) is 1.41. The van der Waals surface area contributed by atoms with Gasteiger partial charge < -0.3 is 15.3 Å². The fraction of sp³-hybridized carbons (Fsp3) is 0.933. The third-order valence-corrected chi connectivity index (χ3v) is 3.83. The highest BCUT2D eigenvalue weighted by Crippen LogP contribution is 2.27. The number of amides is 2. The molecule has 112 valence electrons. The number of nitrogens with one attached hydrogen (secondary N) is 1. The lowest BCUT2D eigenvalue weighted by Gasteiger charge is -2.30. The summed E-state index contributed by atoms with van der Waals surface area (Å²) >= 11 is 0. The van der Waals surface area contributed by atoms with Crippen LogP contribution in [-0.4, -0.2) is 41.3 Å². The van der Waals surface area contributed by atoms with E-state index in [1.807, 2.05) is 6.92 Å². The minimum atomic E-state index is -0.841. The summed E-state index contributed by atoms with van der Waals surface area (Å²) < 4.78 is 0. The van der Waals surface area contributed by atoms with Gasteiger partial charge in [0.25, 0.3) is 0 Å². The van der Waals surface area contributed by atoms with E-state index in [1.54, 1.807) is 18.7 Å². The molecule has 4 nitrogen and oxygen atoms in total. The third-order valence-electron chi connectivity index (χ3n) is 3.83. The van der Waals surface area contributed by atoms with Gasteiger partial charge in [-0.3, -0.25) is 0 Å². The molecular formula is C15H30N2O2. The minimum absolute atomic E-state index is 0.0529. The summed E-state index contributed by atoms with van der Waals surface area (Å²) in [6, 6.07) is -0.0529. The van der Waals surface area contributed by atoms with Gasteiger partial charge in [0.1, 0.15) is 0 Å². The largest absolute Gasteiger partial charge is 0.389 e. The lowest BCUT2D eigenvalue weighted by molar-refractivity contribution is 0.0477. The van der Waals surface area contributed by atoms with Gasteiger partial charge in [-0.1, -0.05) is 19.8 Å². The zero-order valence-electron chi connectivity index (χ0n) is 12.9. The van der Waals surface area contributed by atoms with Gasteiger partial charge in [0, 0.05) is 13.1 Å². The first-order valence-electron chi connectivity index (χ1n) is 7.57. The molecule has 2 unspecified atom stereocenters. The average molecular weight is 270 g/mol. The zero-order chi connectivity index (χ0) is 14.5. The fourth-order valence-electron chi connectivity index (χ4n) is 2.88. The first kappa shape index (κ1) is 16.3. The van der Waals surface area contributed by atoms with E-state index in [0.717, 1.165) is 12.5 Å². The molecule has 0 bridgehead atoms. The SMILES string of the molecule is CCN(CC(C)(C)O)C(=O)NCC1CCCC(C)C1. The summed E-state index contributed by atoms with van der Waals surface area (Å²) in [6.45, 7) is 9.45. The summed E-state index contributed by atoms with van der Waals surface area (Å²) in [4.78, 5) is 13.8. The molecule has 2 N–H and O–H groups in total. The number of rotatable bonds is 5. The molecule has 0 aromatic rings. The summed E-state index contributed by atoms with van der Waals surface area (Å²) in [7, 11) is 0. The Kier molecular flexibility index (Phi) is 6.11. The molecule has 0 saturated heterocycles. The monoisotopic (exact) mass is 270 g/mol. The fourth-order valence-corrected chi connectivity index (χ4v) is 2.88. The normalized spacial score (nSPS) is 24.1. The number of nitrogens with zero attached hydrogens (tertiary/aromatic N) is 1. The van der Waals surface area contributed by atoms with Crippen LogP contribution < -0.4 is 5.32 Å². The van der Waals surface area contributed by atoms with E-state index in [-0.39, 0.29) is 6.03 Å². The first-order valence-corrected chi connectivity index (χ1v) is 7.57.